The molecule has 0 atom stereocenters. The minimum Gasteiger partial charge on any atom is -0.379 e. The van der Waals surface area contributed by atoms with E-state index < -0.39 is 0 Å². The highest BCUT2D eigenvalue weighted by molar-refractivity contribution is 9.10. The quantitative estimate of drug-likeness (QED) is 0.868. The van der Waals surface area contributed by atoms with Crippen LogP contribution in [0.25, 0.3) is 5.52 Å². The molecule has 1 aliphatic heterocycles. The molecule has 2 aromatic rings. The first-order chi connectivity index (χ1) is 8.83. The zero-order valence-corrected chi connectivity index (χ0v) is 11.8. The van der Waals surface area contributed by atoms with Crippen LogP contribution in [-0.4, -0.2) is 47.1 Å². The van der Waals surface area contributed by atoms with Gasteiger partial charge in [0.25, 0.3) is 0 Å². The van der Waals surface area contributed by atoms with Crippen LogP contribution in [0.15, 0.2) is 29.0 Å². The van der Waals surface area contributed by atoms with E-state index in [1.807, 2.05) is 12.3 Å². The van der Waals surface area contributed by atoms with Crippen LogP contribution in [0.1, 0.15) is 5.82 Å². The van der Waals surface area contributed by atoms with Crippen LogP contribution in [0, 0.1) is 0 Å². The van der Waals surface area contributed by atoms with Crippen LogP contribution in [0.2, 0.25) is 0 Å². The molecule has 18 heavy (non-hydrogen) atoms. The fourth-order valence-electron chi connectivity index (χ4n) is 2.30. The number of nitrogens with zero attached hydrogens (tertiary/aromatic N) is 3. The van der Waals surface area contributed by atoms with Crippen molar-refractivity contribution < 1.29 is 4.74 Å². The van der Waals surface area contributed by atoms with E-state index in [1.54, 1.807) is 0 Å². The van der Waals surface area contributed by atoms with Gasteiger partial charge < -0.3 is 9.14 Å². The van der Waals surface area contributed by atoms with E-state index in [0.717, 1.165) is 55.1 Å². The third-order valence-corrected chi connectivity index (χ3v) is 3.82. The molecule has 0 amide bonds. The van der Waals surface area contributed by atoms with Crippen molar-refractivity contribution in [2.75, 3.05) is 32.8 Å². The number of hydrogen-bond acceptors (Lipinski definition) is 3. The molecule has 0 aliphatic carbocycles. The van der Waals surface area contributed by atoms with Crippen molar-refractivity contribution in [3.05, 3.63) is 34.8 Å². The highest BCUT2D eigenvalue weighted by Crippen LogP contribution is 2.15. The molecular formula is C13H16BrN3O. The van der Waals surface area contributed by atoms with Crippen LogP contribution in [0.3, 0.4) is 0 Å². The van der Waals surface area contributed by atoms with Crippen LogP contribution in [-0.2, 0) is 11.2 Å². The summed E-state index contributed by atoms with van der Waals surface area (Å²) in [5.41, 5.74) is 1.14. The summed E-state index contributed by atoms with van der Waals surface area (Å²) < 4.78 is 8.60. The number of morpholine rings is 1. The van der Waals surface area contributed by atoms with E-state index >= 15 is 0 Å². The topological polar surface area (TPSA) is 29.8 Å². The predicted molar refractivity (Wildman–Crippen MR) is 73.9 cm³/mol. The maximum atomic E-state index is 5.35. The molecule has 0 spiro atoms. The molecule has 0 bridgehead atoms. The van der Waals surface area contributed by atoms with Crippen molar-refractivity contribution in [1.29, 1.82) is 0 Å². The maximum absolute atomic E-state index is 5.35. The Morgan fingerprint density at radius 1 is 1.33 bits per heavy atom. The highest BCUT2D eigenvalue weighted by Gasteiger charge is 2.11. The molecule has 0 radical (unpaired) electrons. The van der Waals surface area contributed by atoms with Gasteiger partial charge in [0.1, 0.15) is 5.82 Å². The van der Waals surface area contributed by atoms with Gasteiger partial charge in [-0.2, -0.15) is 0 Å². The lowest BCUT2D eigenvalue weighted by molar-refractivity contribution is 0.0382. The second kappa shape index (κ2) is 5.38. The van der Waals surface area contributed by atoms with Gasteiger partial charge in [-0.3, -0.25) is 4.90 Å². The van der Waals surface area contributed by atoms with E-state index in [1.165, 1.54) is 0 Å². The molecular weight excluding hydrogens is 294 g/mol. The van der Waals surface area contributed by atoms with Gasteiger partial charge >= 0.3 is 0 Å². The van der Waals surface area contributed by atoms with Crippen LogP contribution in [0.5, 0.6) is 0 Å². The van der Waals surface area contributed by atoms with Crippen molar-refractivity contribution in [3.8, 4) is 0 Å². The first kappa shape index (κ1) is 12.1. The second-order valence-corrected chi connectivity index (χ2v) is 5.43. The molecule has 3 heterocycles. The molecule has 1 fully saturated rings. The Morgan fingerprint density at radius 2 is 2.17 bits per heavy atom. The van der Waals surface area contributed by atoms with Crippen LogP contribution >= 0.6 is 15.9 Å². The highest BCUT2D eigenvalue weighted by atomic mass is 79.9. The molecule has 5 heteroatoms. The second-order valence-electron chi connectivity index (χ2n) is 4.52. The molecule has 4 nitrogen and oxygen atoms in total. The van der Waals surface area contributed by atoms with Gasteiger partial charge in [-0.15, -0.1) is 0 Å². The molecule has 1 saturated heterocycles. The monoisotopic (exact) mass is 309 g/mol. The summed E-state index contributed by atoms with van der Waals surface area (Å²) in [5.74, 6) is 1.13. The van der Waals surface area contributed by atoms with E-state index in [9.17, 15) is 0 Å². The Balaban J connectivity index is 1.70. The molecule has 0 N–H and O–H groups in total. The van der Waals surface area contributed by atoms with Gasteiger partial charge in [-0.25, -0.2) is 4.98 Å². The van der Waals surface area contributed by atoms with Gasteiger partial charge in [-0.1, -0.05) is 15.9 Å². The van der Waals surface area contributed by atoms with E-state index in [-0.39, 0.29) is 0 Å². The van der Waals surface area contributed by atoms with Crippen LogP contribution < -0.4 is 0 Å². The summed E-state index contributed by atoms with van der Waals surface area (Å²) in [6.45, 7) is 4.84. The van der Waals surface area contributed by atoms with Gasteiger partial charge in [0.2, 0.25) is 0 Å². The lowest BCUT2D eigenvalue weighted by atomic mass is 10.3. The largest absolute Gasteiger partial charge is 0.379 e. The lowest BCUT2D eigenvalue weighted by Gasteiger charge is -2.26. The molecule has 96 valence electrons. The number of aromatic nitrogens is 2. The lowest BCUT2D eigenvalue weighted by Crippen LogP contribution is -2.37. The normalized spacial score (nSPS) is 17.4. The van der Waals surface area contributed by atoms with Crippen molar-refractivity contribution in [2.45, 2.75) is 6.42 Å². The average molecular weight is 310 g/mol. The number of hydrogen-bond donors (Lipinski definition) is 0. The van der Waals surface area contributed by atoms with Crippen LogP contribution in [0.4, 0.5) is 0 Å². The zero-order valence-electron chi connectivity index (χ0n) is 10.2. The summed E-state index contributed by atoms with van der Waals surface area (Å²) in [5, 5.41) is 0. The van der Waals surface area contributed by atoms with E-state index in [0.29, 0.717) is 0 Å². The Bertz CT molecular complexity index is 534. The van der Waals surface area contributed by atoms with Crippen molar-refractivity contribution in [1.82, 2.24) is 14.3 Å². The minimum absolute atomic E-state index is 0.856. The van der Waals surface area contributed by atoms with Gasteiger partial charge in [0, 0.05) is 36.7 Å². The van der Waals surface area contributed by atoms with Gasteiger partial charge in [0.05, 0.1) is 24.9 Å². The maximum Gasteiger partial charge on any atom is 0.114 e. The Hall–Kier alpha value is -0.910. The Kier molecular flexibility index (Phi) is 3.63. The van der Waals surface area contributed by atoms with Crippen molar-refractivity contribution >= 4 is 21.4 Å². The predicted octanol–water partition coefficient (Wildman–Crippen LogP) is 1.97. The smallest absolute Gasteiger partial charge is 0.114 e. The Labute approximate surface area is 115 Å². The molecule has 2 aromatic heterocycles. The summed E-state index contributed by atoms with van der Waals surface area (Å²) in [6.07, 6.45) is 4.98. The fourth-order valence-corrected chi connectivity index (χ4v) is 2.65. The number of fused-ring (bicyclic) bond motifs is 1. The third kappa shape index (κ3) is 2.58. The first-order valence-electron chi connectivity index (χ1n) is 6.24. The summed E-state index contributed by atoms with van der Waals surface area (Å²) in [7, 11) is 0. The van der Waals surface area contributed by atoms with Crippen molar-refractivity contribution in [2.24, 2.45) is 0 Å². The van der Waals surface area contributed by atoms with Gasteiger partial charge in [0.15, 0.2) is 0 Å². The minimum atomic E-state index is 0.856. The average Bonchev–Trinajstić information content (AvgIpc) is 2.80. The molecule has 3 rings (SSSR count). The molecule has 0 saturated carbocycles. The molecule has 0 unspecified atom stereocenters. The molecule has 1 aliphatic rings. The molecule has 0 aromatic carbocycles. The standard InChI is InChI=1S/C13H16BrN3O/c14-11-1-4-17-12(9-11)10-15-13(17)2-3-16-5-7-18-8-6-16/h1,4,9-10H,2-3,5-8H2. The summed E-state index contributed by atoms with van der Waals surface area (Å²) >= 11 is 3.48. The number of halogens is 1. The van der Waals surface area contributed by atoms with Gasteiger partial charge in [-0.05, 0) is 12.1 Å². The number of rotatable bonds is 3. The summed E-state index contributed by atoms with van der Waals surface area (Å²) in [4.78, 5) is 6.94. The summed E-state index contributed by atoms with van der Waals surface area (Å²) in [6, 6.07) is 4.14. The fraction of sp³-hybridized carbons (Fsp3) is 0.462. The Morgan fingerprint density at radius 3 is 3.00 bits per heavy atom. The number of ether oxygens (including phenoxy) is 1. The van der Waals surface area contributed by atoms with E-state index in [2.05, 4.69) is 42.5 Å². The first-order valence-corrected chi connectivity index (χ1v) is 7.04. The number of pyridine rings is 1. The third-order valence-electron chi connectivity index (χ3n) is 3.33. The van der Waals surface area contributed by atoms with Crippen molar-refractivity contribution in [3.63, 3.8) is 0 Å². The zero-order chi connectivity index (χ0) is 12.4. The van der Waals surface area contributed by atoms with E-state index in [4.69, 9.17) is 4.74 Å². The number of imidazole rings is 1. The SMILES string of the molecule is Brc1ccn2c(CCN3CCOCC3)ncc2c1.